The second-order valence-electron chi connectivity index (χ2n) is 5.05. The van der Waals surface area contributed by atoms with Crippen LogP contribution in [-0.2, 0) is 4.79 Å². The zero-order chi connectivity index (χ0) is 22.3. The number of aryl methyl sites for hydroxylation is 1. The molecule has 0 bridgehead atoms. The van der Waals surface area contributed by atoms with Crippen molar-refractivity contribution in [1.29, 1.82) is 0 Å². The molecule has 1 aromatic carbocycles. The highest BCUT2D eigenvalue weighted by Crippen LogP contribution is 2.23. The van der Waals surface area contributed by atoms with Gasteiger partial charge in [0.05, 0.1) is 0 Å². The molecule has 0 unspecified atom stereocenters. The quantitative estimate of drug-likeness (QED) is 0.273. The normalized spacial score (nSPS) is 8.62. The fourth-order valence-corrected chi connectivity index (χ4v) is 1.85. The summed E-state index contributed by atoms with van der Waals surface area (Å²) < 4.78 is 5.78. The monoisotopic (exact) mass is 395 g/mol. The van der Waals surface area contributed by atoms with Gasteiger partial charge in [0.1, 0.15) is 11.5 Å². The lowest BCUT2D eigenvalue weighted by Gasteiger charge is -2.08. The van der Waals surface area contributed by atoms with Crippen LogP contribution in [-0.4, -0.2) is 25.0 Å². The summed E-state index contributed by atoms with van der Waals surface area (Å²) in [5, 5.41) is 5.60. The topological polar surface area (TPSA) is 63.2 Å². The molecule has 0 aliphatic carbocycles. The summed E-state index contributed by atoms with van der Waals surface area (Å²) in [5.41, 5.74) is 2.03. The van der Waals surface area contributed by atoms with Gasteiger partial charge in [0.15, 0.2) is 0 Å². The van der Waals surface area contributed by atoms with Gasteiger partial charge in [0, 0.05) is 37.2 Å². The number of nitrogens with zero attached hydrogens (tertiary/aromatic N) is 1. The van der Waals surface area contributed by atoms with Crippen LogP contribution in [0.25, 0.3) is 0 Å². The predicted octanol–water partition coefficient (Wildman–Crippen LogP) is 5.36. The number of benzene rings is 1. The number of allylic oxidation sites excluding steroid dienone is 2. The van der Waals surface area contributed by atoms with Gasteiger partial charge in [-0.15, -0.1) is 12.8 Å². The van der Waals surface area contributed by atoms with Gasteiger partial charge in [-0.3, -0.25) is 9.78 Å². The van der Waals surface area contributed by atoms with Crippen molar-refractivity contribution in [2.24, 2.45) is 0 Å². The minimum Gasteiger partial charge on any atom is -0.457 e. The molecule has 0 spiro atoms. The van der Waals surface area contributed by atoms with Crippen LogP contribution in [0, 0.1) is 19.8 Å². The first-order valence-electron chi connectivity index (χ1n) is 9.36. The van der Waals surface area contributed by atoms with Gasteiger partial charge in [-0.25, -0.2) is 0 Å². The number of amides is 1. The van der Waals surface area contributed by atoms with Crippen LogP contribution in [0.4, 0.5) is 5.69 Å². The molecule has 2 N–H and O–H groups in total. The Morgan fingerprint density at radius 2 is 1.76 bits per heavy atom. The number of ether oxygens (including phenoxy) is 1. The van der Waals surface area contributed by atoms with E-state index in [0.717, 1.165) is 35.8 Å². The van der Waals surface area contributed by atoms with Crippen LogP contribution in [0.5, 0.6) is 11.5 Å². The third-order valence-electron chi connectivity index (χ3n) is 2.99. The molecule has 1 amide bonds. The number of rotatable bonds is 8. The highest BCUT2D eigenvalue weighted by Gasteiger charge is 1.98. The number of anilines is 1. The van der Waals surface area contributed by atoms with Crippen LogP contribution in [0.1, 0.15) is 26.0 Å². The Balaban J connectivity index is 0. The number of aromatic nitrogens is 1. The van der Waals surface area contributed by atoms with Gasteiger partial charge in [0.2, 0.25) is 6.41 Å². The molecule has 5 heteroatoms. The summed E-state index contributed by atoms with van der Waals surface area (Å²) in [5.74, 6) is 1.62. The molecular formula is C24H33N3O2. The van der Waals surface area contributed by atoms with Crippen molar-refractivity contribution >= 4 is 12.1 Å². The zero-order valence-electron chi connectivity index (χ0n) is 17.9. The molecule has 2 rings (SSSR count). The number of carbonyl (C=O) groups excluding carboxylic acids is 1. The molecule has 0 radical (unpaired) electrons. The van der Waals surface area contributed by atoms with Crippen LogP contribution in [0.3, 0.4) is 0 Å². The van der Waals surface area contributed by atoms with E-state index in [1.54, 1.807) is 19.3 Å². The van der Waals surface area contributed by atoms with Crippen molar-refractivity contribution in [3.05, 3.63) is 73.1 Å². The van der Waals surface area contributed by atoms with Gasteiger partial charge < -0.3 is 15.4 Å². The summed E-state index contributed by atoms with van der Waals surface area (Å²) in [7, 11) is 1.56. The van der Waals surface area contributed by atoms with E-state index in [1.807, 2.05) is 63.2 Å². The molecule has 0 aliphatic heterocycles. The van der Waals surface area contributed by atoms with Crippen molar-refractivity contribution in [2.45, 2.75) is 27.2 Å². The van der Waals surface area contributed by atoms with E-state index in [0.29, 0.717) is 6.41 Å². The number of pyridine rings is 1. The minimum atomic E-state index is 0.625. The molecule has 5 nitrogen and oxygen atoms in total. The third-order valence-corrected chi connectivity index (χ3v) is 2.99. The van der Waals surface area contributed by atoms with Gasteiger partial charge in [-0.1, -0.05) is 38.7 Å². The predicted molar refractivity (Wildman–Crippen MR) is 124 cm³/mol. The summed E-state index contributed by atoms with van der Waals surface area (Å²) in [6.07, 6.45) is 17.2. The van der Waals surface area contributed by atoms with Crippen LogP contribution in [0.2, 0.25) is 0 Å². The maximum absolute atomic E-state index is 9.06. The Labute approximate surface area is 175 Å². The first-order chi connectivity index (χ1) is 14.2. The Morgan fingerprint density at radius 1 is 1.14 bits per heavy atom. The Hall–Kier alpha value is -3.52. The fourth-order valence-electron chi connectivity index (χ4n) is 1.85. The van der Waals surface area contributed by atoms with Crippen molar-refractivity contribution in [1.82, 2.24) is 10.3 Å². The summed E-state index contributed by atoms with van der Waals surface area (Å²) in [6, 6.07) is 11.7. The molecule has 1 aromatic heterocycles. The number of carbonyl (C=O) groups is 1. The van der Waals surface area contributed by atoms with E-state index in [-0.39, 0.29) is 0 Å². The van der Waals surface area contributed by atoms with Gasteiger partial charge in [-0.05, 0) is 43.7 Å². The van der Waals surface area contributed by atoms with Crippen molar-refractivity contribution in [3.63, 3.8) is 0 Å². The summed E-state index contributed by atoms with van der Waals surface area (Å²) >= 11 is 0. The van der Waals surface area contributed by atoms with E-state index < -0.39 is 0 Å². The smallest absolute Gasteiger partial charge is 0.206 e. The summed E-state index contributed by atoms with van der Waals surface area (Å²) in [4.78, 5) is 13.2. The number of hydrogen-bond acceptors (Lipinski definition) is 4. The lowest BCUT2D eigenvalue weighted by atomic mass is 10.3. The van der Waals surface area contributed by atoms with Crippen LogP contribution in [0.15, 0.2) is 67.4 Å². The van der Waals surface area contributed by atoms with E-state index >= 15 is 0 Å². The molecule has 156 valence electrons. The Kier molecular flexibility index (Phi) is 19.9. The van der Waals surface area contributed by atoms with E-state index in [1.165, 1.54) is 0 Å². The van der Waals surface area contributed by atoms with E-state index in [2.05, 4.69) is 41.1 Å². The molecule has 0 saturated carbocycles. The van der Waals surface area contributed by atoms with Crippen molar-refractivity contribution in [3.8, 4) is 24.3 Å². The molecular weight excluding hydrogens is 362 g/mol. The molecule has 0 saturated heterocycles. The Morgan fingerprint density at radius 3 is 2.28 bits per heavy atom. The maximum Gasteiger partial charge on any atom is 0.206 e. The second-order valence-corrected chi connectivity index (χ2v) is 5.05. The lowest BCUT2D eigenvalue weighted by Crippen LogP contribution is -1.99. The van der Waals surface area contributed by atoms with Crippen LogP contribution < -0.4 is 15.4 Å². The molecule has 29 heavy (non-hydrogen) atoms. The Bertz CT molecular complexity index is 708. The lowest BCUT2D eigenvalue weighted by molar-refractivity contribution is -0.109. The van der Waals surface area contributed by atoms with Crippen LogP contribution >= 0.6 is 0 Å². The molecule has 2 aromatic rings. The average molecular weight is 396 g/mol. The minimum absolute atomic E-state index is 0.625. The fraction of sp³-hybridized carbons (Fsp3) is 0.250. The number of hydrogen-bond donors (Lipinski definition) is 2. The largest absolute Gasteiger partial charge is 0.457 e. The third kappa shape index (κ3) is 15.3. The van der Waals surface area contributed by atoms with Crippen molar-refractivity contribution in [2.75, 3.05) is 18.9 Å². The van der Waals surface area contributed by atoms with E-state index in [9.17, 15) is 0 Å². The SMILES string of the molecule is C#C.C=C/C=C\CCNc1ccc(Oc2ccnc(C)c2)cc1.CC.CNC=O. The van der Waals surface area contributed by atoms with Gasteiger partial charge in [-0.2, -0.15) is 0 Å². The van der Waals surface area contributed by atoms with Gasteiger partial charge >= 0.3 is 0 Å². The summed E-state index contributed by atoms with van der Waals surface area (Å²) in [6.45, 7) is 10.5. The number of nitrogens with one attached hydrogen (secondary N) is 2. The zero-order valence-corrected chi connectivity index (χ0v) is 17.9. The average Bonchev–Trinajstić information content (AvgIpc) is 2.78. The maximum atomic E-state index is 9.06. The molecule has 0 aliphatic rings. The highest BCUT2D eigenvalue weighted by molar-refractivity contribution is 5.47. The molecule has 1 heterocycles. The van der Waals surface area contributed by atoms with Crippen molar-refractivity contribution < 1.29 is 9.53 Å². The number of terminal acetylenes is 1. The first-order valence-corrected chi connectivity index (χ1v) is 9.36. The van der Waals surface area contributed by atoms with Gasteiger partial charge in [0.25, 0.3) is 0 Å². The standard InChI is InChI=1S/C18H20N2O.C2H5NO.C2H6.C2H2/c1-3-4-5-6-12-20-16-7-9-17(10-8-16)21-18-11-13-19-15(2)14-18;1-3-2-4;2*1-2/h3-5,7-11,13-14,20H,1,6,12H2,2H3;2H,1H3,(H,3,4);1-2H3;1-2H/b5-4-;;;. The molecule has 0 atom stereocenters. The first kappa shape index (κ1) is 27.7. The van der Waals surface area contributed by atoms with E-state index in [4.69, 9.17) is 9.53 Å². The molecule has 0 fully saturated rings. The second kappa shape index (κ2) is 20.8. The highest BCUT2D eigenvalue weighted by atomic mass is 16.5.